The SMILES string of the molecule is CC(C)Cc1cc(C(=O)N2CCN(C(=O)c3ccc[nH]3)CC2)nc(=O)[nH]1. The molecule has 2 N–H and O–H groups in total. The number of rotatable bonds is 4. The molecule has 0 saturated carbocycles. The van der Waals surface area contributed by atoms with E-state index >= 15 is 0 Å². The minimum Gasteiger partial charge on any atom is -0.357 e. The predicted octanol–water partition coefficient (Wildman–Crippen LogP) is 0.895. The maximum Gasteiger partial charge on any atom is 0.345 e. The fraction of sp³-hybridized carbons (Fsp3) is 0.444. The predicted molar refractivity (Wildman–Crippen MR) is 96.0 cm³/mol. The first-order chi connectivity index (χ1) is 12.4. The Hall–Kier alpha value is -2.90. The molecule has 2 aromatic heterocycles. The smallest absolute Gasteiger partial charge is 0.345 e. The van der Waals surface area contributed by atoms with Gasteiger partial charge in [0.2, 0.25) is 0 Å². The lowest BCUT2D eigenvalue weighted by atomic mass is 10.1. The summed E-state index contributed by atoms with van der Waals surface area (Å²) in [5.41, 5.74) is 0.906. The van der Waals surface area contributed by atoms with Gasteiger partial charge in [-0.15, -0.1) is 0 Å². The summed E-state index contributed by atoms with van der Waals surface area (Å²) in [5, 5.41) is 0. The highest BCUT2D eigenvalue weighted by Crippen LogP contribution is 2.11. The molecule has 0 aromatic carbocycles. The Kier molecular flexibility index (Phi) is 5.20. The number of H-pyrrole nitrogens is 2. The van der Waals surface area contributed by atoms with Crippen molar-refractivity contribution in [2.75, 3.05) is 26.2 Å². The van der Waals surface area contributed by atoms with Gasteiger partial charge >= 0.3 is 5.69 Å². The molecule has 0 unspecified atom stereocenters. The van der Waals surface area contributed by atoms with Gasteiger partial charge < -0.3 is 19.8 Å². The van der Waals surface area contributed by atoms with Gasteiger partial charge in [0.15, 0.2) is 0 Å². The summed E-state index contributed by atoms with van der Waals surface area (Å²) in [5.74, 6) is 0.0160. The molecule has 26 heavy (non-hydrogen) atoms. The van der Waals surface area contributed by atoms with Gasteiger partial charge in [0.25, 0.3) is 11.8 Å². The minimum atomic E-state index is -0.507. The molecule has 0 bridgehead atoms. The average Bonchev–Trinajstić information content (AvgIpc) is 3.14. The Labute approximate surface area is 151 Å². The molecule has 1 aliphatic rings. The normalized spacial score (nSPS) is 14.7. The molecule has 1 fully saturated rings. The number of hydrogen-bond acceptors (Lipinski definition) is 4. The summed E-state index contributed by atoms with van der Waals surface area (Å²) in [4.78, 5) is 49.5. The molecule has 2 amide bonds. The van der Waals surface area contributed by atoms with Crippen LogP contribution in [0.25, 0.3) is 0 Å². The van der Waals surface area contributed by atoms with Crippen LogP contribution < -0.4 is 5.69 Å². The molecule has 138 valence electrons. The molecule has 0 spiro atoms. The summed E-state index contributed by atoms with van der Waals surface area (Å²) in [7, 11) is 0. The number of carbonyl (C=O) groups is 2. The highest BCUT2D eigenvalue weighted by molar-refractivity contribution is 5.94. The van der Waals surface area contributed by atoms with Gasteiger partial charge in [0, 0.05) is 38.1 Å². The molecule has 3 heterocycles. The lowest BCUT2D eigenvalue weighted by Crippen LogP contribution is -2.51. The first-order valence-electron chi connectivity index (χ1n) is 8.76. The Morgan fingerprint density at radius 2 is 1.81 bits per heavy atom. The van der Waals surface area contributed by atoms with E-state index in [9.17, 15) is 14.4 Å². The molecule has 1 saturated heterocycles. The summed E-state index contributed by atoms with van der Waals surface area (Å²) in [6.07, 6.45) is 2.39. The zero-order chi connectivity index (χ0) is 18.7. The monoisotopic (exact) mass is 357 g/mol. The molecule has 1 aliphatic heterocycles. The summed E-state index contributed by atoms with van der Waals surface area (Å²) < 4.78 is 0. The molecular formula is C18H23N5O3. The number of aromatic amines is 2. The molecule has 8 heteroatoms. The van der Waals surface area contributed by atoms with Crippen molar-refractivity contribution in [2.45, 2.75) is 20.3 Å². The third-order valence-electron chi connectivity index (χ3n) is 4.33. The van der Waals surface area contributed by atoms with E-state index in [1.54, 1.807) is 34.2 Å². The van der Waals surface area contributed by atoms with Crippen LogP contribution in [-0.4, -0.2) is 62.7 Å². The number of carbonyl (C=O) groups excluding carboxylic acids is 2. The van der Waals surface area contributed by atoms with E-state index in [1.165, 1.54) is 0 Å². The highest BCUT2D eigenvalue weighted by atomic mass is 16.2. The maximum absolute atomic E-state index is 12.7. The van der Waals surface area contributed by atoms with Crippen LogP contribution in [0.1, 0.15) is 40.5 Å². The Bertz CT molecular complexity index is 833. The van der Waals surface area contributed by atoms with E-state index in [1.807, 2.05) is 13.8 Å². The first-order valence-corrected chi connectivity index (χ1v) is 8.76. The highest BCUT2D eigenvalue weighted by Gasteiger charge is 2.26. The Balaban J connectivity index is 1.66. The Morgan fingerprint density at radius 3 is 2.38 bits per heavy atom. The standard InChI is InChI=1S/C18H23N5O3/c1-12(2)10-13-11-15(21-18(26)20-13)17(25)23-8-6-22(7-9-23)16(24)14-4-3-5-19-14/h3-5,11-12,19H,6-10H2,1-2H3,(H,20,21,26). The largest absolute Gasteiger partial charge is 0.357 e. The number of nitrogens with zero attached hydrogens (tertiary/aromatic N) is 3. The second-order valence-corrected chi connectivity index (χ2v) is 6.86. The third kappa shape index (κ3) is 4.01. The van der Waals surface area contributed by atoms with Crippen molar-refractivity contribution in [3.05, 3.63) is 52.0 Å². The summed E-state index contributed by atoms with van der Waals surface area (Å²) in [6, 6.07) is 5.16. The molecular weight excluding hydrogens is 334 g/mol. The number of hydrogen-bond donors (Lipinski definition) is 2. The van der Waals surface area contributed by atoms with Crippen molar-refractivity contribution in [1.82, 2.24) is 24.8 Å². The van der Waals surface area contributed by atoms with Crippen molar-refractivity contribution in [3.8, 4) is 0 Å². The van der Waals surface area contributed by atoms with Crippen LogP contribution in [0.4, 0.5) is 0 Å². The molecule has 8 nitrogen and oxygen atoms in total. The van der Waals surface area contributed by atoms with E-state index in [4.69, 9.17) is 0 Å². The number of aromatic nitrogens is 3. The lowest BCUT2D eigenvalue weighted by molar-refractivity contribution is 0.0529. The van der Waals surface area contributed by atoms with Gasteiger partial charge in [0.05, 0.1) is 0 Å². The summed E-state index contributed by atoms with van der Waals surface area (Å²) >= 11 is 0. The van der Waals surface area contributed by atoms with E-state index in [-0.39, 0.29) is 17.5 Å². The molecule has 3 rings (SSSR count). The Morgan fingerprint density at radius 1 is 1.15 bits per heavy atom. The van der Waals surface area contributed by atoms with Gasteiger partial charge in [-0.25, -0.2) is 4.79 Å². The van der Waals surface area contributed by atoms with E-state index < -0.39 is 5.69 Å². The topological polar surface area (TPSA) is 102 Å². The van der Waals surface area contributed by atoms with Crippen molar-refractivity contribution < 1.29 is 9.59 Å². The molecule has 0 aliphatic carbocycles. The second-order valence-electron chi connectivity index (χ2n) is 6.86. The van der Waals surface area contributed by atoms with Crippen molar-refractivity contribution in [2.24, 2.45) is 5.92 Å². The van der Waals surface area contributed by atoms with E-state index in [0.717, 1.165) is 0 Å². The zero-order valence-corrected chi connectivity index (χ0v) is 15.0. The van der Waals surface area contributed by atoms with Crippen LogP contribution in [0.15, 0.2) is 29.2 Å². The van der Waals surface area contributed by atoms with Crippen LogP contribution in [0.3, 0.4) is 0 Å². The number of piperazine rings is 1. The maximum atomic E-state index is 12.7. The van der Waals surface area contributed by atoms with Crippen LogP contribution in [0.5, 0.6) is 0 Å². The van der Waals surface area contributed by atoms with Crippen LogP contribution >= 0.6 is 0 Å². The van der Waals surface area contributed by atoms with Gasteiger partial charge in [-0.3, -0.25) is 9.59 Å². The fourth-order valence-electron chi connectivity index (χ4n) is 3.08. The van der Waals surface area contributed by atoms with Crippen LogP contribution in [0.2, 0.25) is 0 Å². The molecule has 0 atom stereocenters. The first kappa shape index (κ1) is 17.9. The average molecular weight is 357 g/mol. The quantitative estimate of drug-likeness (QED) is 0.848. The van der Waals surface area contributed by atoms with Gasteiger partial charge in [-0.05, 0) is 30.5 Å². The van der Waals surface area contributed by atoms with E-state index in [2.05, 4.69) is 15.0 Å². The zero-order valence-electron chi connectivity index (χ0n) is 15.0. The summed E-state index contributed by atoms with van der Waals surface area (Å²) in [6.45, 7) is 5.82. The second kappa shape index (κ2) is 7.55. The van der Waals surface area contributed by atoms with Crippen molar-refractivity contribution in [1.29, 1.82) is 0 Å². The number of amides is 2. The molecule has 2 aromatic rings. The third-order valence-corrected chi connectivity index (χ3v) is 4.33. The van der Waals surface area contributed by atoms with Gasteiger partial charge in [-0.2, -0.15) is 4.98 Å². The lowest BCUT2D eigenvalue weighted by Gasteiger charge is -2.34. The van der Waals surface area contributed by atoms with Crippen LogP contribution in [-0.2, 0) is 6.42 Å². The van der Waals surface area contributed by atoms with Gasteiger partial charge in [0.1, 0.15) is 11.4 Å². The van der Waals surface area contributed by atoms with Crippen molar-refractivity contribution >= 4 is 11.8 Å². The number of nitrogens with one attached hydrogen (secondary N) is 2. The minimum absolute atomic E-state index is 0.0735. The van der Waals surface area contributed by atoms with Crippen molar-refractivity contribution in [3.63, 3.8) is 0 Å². The molecule has 0 radical (unpaired) electrons. The fourth-order valence-corrected chi connectivity index (χ4v) is 3.08. The van der Waals surface area contributed by atoms with E-state index in [0.29, 0.717) is 49.9 Å². The van der Waals surface area contributed by atoms with Gasteiger partial charge in [-0.1, -0.05) is 13.8 Å². The van der Waals surface area contributed by atoms with Crippen LogP contribution in [0, 0.1) is 5.92 Å².